The van der Waals surface area contributed by atoms with Crippen LogP contribution >= 0.6 is 0 Å². The minimum atomic E-state index is -0.694. The van der Waals surface area contributed by atoms with E-state index in [1.165, 1.54) is 13.2 Å². The van der Waals surface area contributed by atoms with Crippen LogP contribution in [0.4, 0.5) is 5.69 Å². The second-order valence-corrected chi connectivity index (χ2v) is 5.41. The third kappa shape index (κ3) is 3.06. The first kappa shape index (κ1) is 16.6. The van der Waals surface area contributed by atoms with E-state index in [4.69, 9.17) is 13.9 Å². The number of ether oxygens (including phenoxy) is 2. The van der Waals surface area contributed by atoms with Crippen LogP contribution in [0.3, 0.4) is 0 Å². The van der Waals surface area contributed by atoms with Crippen LogP contribution in [0.1, 0.15) is 15.9 Å². The number of amides is 1. The topological polar surface area (TPSA) is 77.8 Å². The molecule has 2 aromatic carbocycles. The highest BCUT2D eigenvalue weighted by Gasteiger charge is 2.18. The Bertz CT molecular complexity index is 1010. The second kappa shape index (κ2) is 6.68. The van der Waals surface area contributed by atoms with Crippen molar-refractivity contribution in [2.75, 3.05) is 19.5 Å². The van der Waals surface area contributed by atoms with Crippen molar-refractivity contribution in [2.45, 2.75) is 6.92 Å². The van der Waals surface area contributed by atoms with Crippen molar-refractivity contribution < 1.29 is 18.7 Å². The summed E-state index contributed by atoms with van der Waals surface area (Å²) in [6, 6.07) is 11.9. The van der Waals surface area contributed by atoms with E-state index in [0.29, 0.717) is 28.2 Å². The standard InChI is InChI=1S/C19H17NO5/c1-11-15(23-2)9-8-14(17(11)24-3)20-18(21)13-10-12-6-4-5-7-16(12)25-19(13)22/h4-10H,1-3H3,(H,20,21). The van der Waals surface area contributed by atoms with Crippen molar-refractivity contribution in [3.63, 3.8) is 0 Å². The van der Waals surface area contributed by atoms with Crippen LogP contribution in [-0.4, -0.2) is 20.1 Å². The highest BCUT2D eigenvalue weighted by Crippen LogP contribution is 2.35. The fourth-order valence-electron chi connectivity index (χ4n) is 2.67. The Labute approximate surface area is 144 Å². The van der Waals surface area contributed by atoms with Crippen LogP contribution in [0.2, 0.25) is 0 Å². The Kier molecular flexibility index (Phi) is 4.43. The summed E-state index contributed by atoms with van der Waals surface area (Å²) in [5, 5.41) is 3.37. The Hall–Kier alpha value is -3.28. The number of carbonyl (C=O) groups excluding carboxylic acids is 1. The summed E-state index contributed by atoms with van der Waals surface area (Å²) >= 11 is 0. The highest BCUT2D eigenvalue weighted by atomic mass is 16.5. The molecule has 0 saturated heterocycles. The predicted octanol–water partition coefficient (Wildman–Crippen LogP) is 3.37. The lowest BCUT2D eigenvalue weighted by Crippen LogP contribution is -2.21. The predicted molar refractivity (Wildman–Crippen MR) is 94.7 cm³/mol. The van der Waals surface area contributed by atoms with Crippen molar-refractivity contribution in [1.82, 2.24) is 0 Å². The number of hydrogen-bond donors (Lipinski definition) is 1. The van der Waals surface area contributed by atoms with Gasteiger partial charge in [0.15, 0.2) is 0 Å². The summed E-state index contributed by atoms with van der Waals surface area (Å²) in [5.74, 6) is 0.542. The summed E-state index contributed by atoms with van der Waals surface area (Å²) in [6.07, 6.45) is 0. The Morgan fingerprint density at radius 3 is 2.56 bits per heavy atom. The van der Waals surface area contributed by atoms with Crippen LogP contribution in [0.15, 0.2) is 51.7 Å². The van der Waals surface area contributed by atoms with Crippen LogP contribution in [0, 0.1) is 6.92 Å². The average Bonchev–Trinajstić information content (AvgIpc) is 2.61. The molecule has 0 fully saturated rings. The zero-order chi connectivity index (χ0) is 18.0. The molecule has 0 aliphatic rings. The van der Waals surface area contributed by atoms with Crippen LogP contribution in [0.5, 0.6) is 11.5 Å². The number of fused-ring (bicyclic) bond motifs is 1. The lowest BCUT2D eigenvalue weighted by molar-refractivity contribution is 0.102. The molecule has 0 radical (unpaired) electrons. The maximum atomic E-state index is 12.6. The van der Waals surface area contributed by atoms with Gasteiger partial charge in [-0.3, -0.25) is 4.79 Å². The first-order valence-corrected chi connectivity index (χ1v) is 7.61. The van der Waals surface area contributed by atoms with Crippen LogP contribution < -0.4 is 20.4 Å². The second-order valence-electron chi connectivity index (χ2n) is 5.41. The minimum absolute atomic E-state index is 0.0748. The van der Waals surface area contributed by atoms with Gasteiger partial charge in [0.2, 0.25) is 0 Å². The SMILES string of the molecule is COc1ccc(NC(=O)c2cc3ccccc3oc2=O)c(OC)c1C. The van der Waals surface area contributed by atoms with E-state index in [1.807, 2.05) is 6.92 Å². The molecule has 1 heterocycles. The number of carbonyl (C=O) groups is 1. The van der Waals surface area contributed by atoms with Crippen molar-refractivity contribution >= 4 is 22.6 Å². The van der Waals surface area contributed by atoms with E-state index in [0.717, 1.165) is 5.56 Å². The molecule has 0 atom stereocenters. The highest BCUT2D eigenvalue weighted by molar-refractivity contribution is 6.06. The largest absolute Gasteiger partial charge is 0.496 e. The number of anilines is 1. The van der Waals surface area contributed by atoms with Gasteiger partial charge in [0.1, 0.15) is 22.6 Å². The normalized spacial score (nSPS) is 10.5. The third-order valence-electron chi connectivity index (χ3n) is 3.91. The van der Waals surface area contributed by atoms with E-state index in [-0.39, 0.29) is 5.56 Å². The van der Waals surface area contributed by atoms with E-state index in [1.54, 1.807) is 43.5 Å². The van der Waals surface area contributed by atoms with Gasteiger partial charge in [0.05, 0.1) is 19.9 Å². The monoisotopic (exact) mass is 339 g/mol. The molecular formula is C19H17NO5. The maximum absolute atomic E-state index is 12.6. The Morgan fingerprint density at radius 2 is 1.84 bits per heavy atom. The van der Waals surface area contributed by atoms with Gasteiger partial charge in [-0.25, -0.2) is 4.79 Å². The van der Waals surface area contributed by atoms with Crippen molar-refractivity contribution in [3.05, 3.63) is 64.0 Å². The molecule has 25 heavy (non-hydrogen) atoms. The fraction of sp³-hybridized carbons (Fsp3) is 0.158. The molecule has 1 N–H and O–H groups in total. The van der Waals surface area contributed by atoms with E-state index < -0.39 is 11.5 Å². The van der Waals surface area contributed by atoms with Crippen LogP contribution in [0.25, 0.3) is 11.0 Å². The molecule has 0 aliphatic carbocycles. The molecule has 0 spiro atoms. The lowest BCUT2D eigenvalue weighted by atomic mass is 10.1. The number of methoxy groups -OCH3 is 2. The zero-order valence-electron chi connectivity index (χ0n) is 14.1. The molecule has 0 aliphatic heterocycles. The number of para-hydroxylation sites is 1. The first-order chi connectivity index (χ1) is 12.0. The van der Waals surface area contributed by atoms with Crippen molar-refractivity contribution in [2.24, 2.45) is 0 Å². The molecule has 6 heteroatoms. The summed E-state index contributed by atoms with van der Waals surface area (Å²) in [5.41, 5.74) is 0.850. The quantitative estimate of drug-likeness (QED) is 0.737. The van der Waals surface area contributed by atoms with Crippen LogP contribution in [-0.2, 0) is 0 Å². The van der Waals surface area contributed by atoms with Gasteiger partial charge >= 0.3 is 5.63 Å². The molecule has 3 aromatic rings. The molecule has 3 rings (SSSR count). The van der Waals surface area contributed by atoms with E-state index in [2.05, 4.69) is 5.32 Å². The van der Waals surface area contributed by atoms with Gasteiger partial charge in [-0.1, -0.05) is 18.2 Å². The first-order valence-electron chi connectivity index (χ1n) is 7.61. The molecule has 0 bridgehead atoms. The third-order valence-corrected chi connectivity index (χ3v) is 3.91. The molecule has 0 saturated carbocycles. The summed E-state index contributed by atoms with van der Waals surface area (Å²) in [6.45, 7) is 1.82. The Balaban J connectivity index is 1.99. The molecular weight excluding hydrogens is 322 g/mol. The Morgan fingerprint density at radius 1 is 1.08 bits per heavy atom. The molecule has 6 nitrogen and oxygen atoms in total. The number of hydrogen-bond acceptors (Lipinski definition) is 5. The maximum Gasteiger partial charge on any atom is 0.349 e. The summed E-state index contributed by atoms with van der Waals surface area (Å²) < 4.78 is 15.8. The lowest BCUT2D eigenvalue weighted by Gasteiger charge is -2.15. The summed E-state index contributed by atoms with van der Waals surface area (Å²) in [4.78, 5) is 24.7. The fourth-order valence-corrected chi connectivity index (χ4v) is 2.67. The van der Waals surface area contributed by atoms with Crippen molar-refractivity contribution in [1.29, 1.82) is 0 Å². The molecule has 1 amide bonds. The van der Waals surface area contributed by atoms with Gasteiger partial charge in [0.25, 0.3) is 5.91 Å². The van der Waals surface area contributed by atoms with Gasteiger partial charge in [-0.2, -0.15) is 0 Å². The number of benzene rings is 2. The smallest absolute Gasteiger partial charge is 0.349 e. The van der Waals surface area contributed by atoms with Gasteiger partial charge in [-0.05, 0) is 31.2 Å². The zero-order valence-corrected chi connectivity index (χ0v) is 14.1. The average molecular weight is 339 g/mol. The molecule has 1 aromatic heterocycles. The minimum Gasteiger partial charge on any atom is -0.496 e. The number of rotatable bonds is 4. The number of nitrogens with one attached hydrogen (secondary N) is 1. The van der Waals surface area contributed by atoms with Gasteiger partial charge in [0, 0.05) is 10.9 Å². The van der Waals surface area contributed by atoms with Gasteiger partial charge in [-0.15, -0.1) is 0 Å². The summed E-state index contributed by atoms with van der Waals surface area (Å²) in [7, 11) is 3.06. The van der Waals surface area contributed by atoms with E-state index in [9.17, 15) is 9.59 Å². The van der Waals surface area contributed by atoms with Crippen molar-refractivity contribution in [3.8, 4) is 11.5 Å². The van der Waals surface area contributed by atoms with E-state index >= 15 is 0 Å². The molecule has 0 unspecified atom stereocenters. The molecule has 128 valence electrons. The van der Waals surface area contributed by atoms with Gasteiger partial charge < -0.3 is 19.2 Å².